The SMILES string of the molecule is Br.COC1=CC(=O)OC1C1(c2ccccc2Cl)OOC(=O)C(N)C1C. The average molecular weight is 435 g/mol. The standard InChI is InChI=1S/C16H16ClNO6.BrH/c1-8-13(18)15(20)23-24-16(8,9-5-3-4-6-10(9)17)14-11(21-2)7-12(19)22-14;/h3-8,13-14H,18H2,1-2H3;1H. The van der Waals surface area contributed by atoms with Crippen LogP contribution in [-0.4, -0.2) is 31.2 Å². The maximum atomic E-state index is 11.8. The van der Waals surface area contributed by atoms with Crippen molar-refractivity contribution in [1.29, 1.82) is 0 Å². The molecule has 0 spiro atoms. The van der Waals surface area contributed by atoms with E-state index in [-0.39, 0.29) is 22.7 Å². The molecule has 3 rings (SSSR count). The van der Waals surface area contributed by atoms with E-state index in [4.69, 9.17) is 36.6 Å². The highest BCUT2D eigenvalue weighted by molar-refractivity contribution is 8.93. The van der Waals surface area contributed by atoms with Gasteiger partial charge in [0.2, 0.25) is 0 Å². The van der Waals surface area contributed by atoms with Crippen LogP contribution in [0.1, 0.15) is 12.5 Å². The second kappa shape index (κ2) is 7.33. The summed E-state index contributed by atoms with van der Waals surface area (Å²) < 4.78 is 10.6. The number of rotatable bonds is 3. The first-order valence-corrected chi connectivity index (χ1v) is 7.66. The Hall–Kier alpha value is -1.61. The molecule has 7 nitrogen and oxygen atoms in total. The topological polar surface area (TPSA) is 97.1 Å². The Kier molecular flexibility index (Phi) is 5.78. The van der Waals surface area contributed by atoms with Crippen molar-refractivity contribution in [2.75, 3.05) is 7.11 Å². The fourth-order valence-electron chi connectivity index (χ4n) is 3.07. The lowest BCUT2D eigenvalue weighted by molar-refractivity contribution is -0.386. The predicted octanol–water partition coefficient (Wildman–Crippen LogP) is 2.02. The molecule has 1 aromatic rings. The van der Waals surface area contributed by atoms with E-state index in [1.54, 1.807) is 31.2 Å². The molecule has 2 heterocycles. The summed E-state index contributed by atoms with van der Waals surface area (Å²) in [6.45, 7) is 1.70. The summed E-state index contributed by atoms with van der Waals surface area (Å²) in [7, 11) is 1.40. The average Bonchev–Trinajstić information content (AvgIpc) is 2.96. The summed E-state index contributed by atoms with van der Waals surface area (Å²) in [4.78, 5) is 33.9. The van der Waals surface area contributed by atoms with Gasteiger partial charge in [0.05, 0.1) is 13.2 Å². The van der Waals surface area contributed by atoms with Gasteiger partial charge in [-0.15, -0.1) is 17.0 Å². The second-order valence-corrected chi connectivity index (χ2v) is 6.05. The number of esters is 1. The van der Waals surface area contributed by atoms with Crippen LogP contribution in [0.5, 0.6) is 0 Å². The minimum atomic E-state index is -1.43. The van der Waals surface area contributed by atoms with Crippen LogP contribution in [0.25, 0.3) is 0 Å². The third-order valence-electron chi connectivity index (χ3n) is 4.42. The molecule has 2 aliphatic rings. The number of cyclic esters (lactones) is 1. The maximum Gasteiger partial charge on any atom is 0.359 e. The Morgan fingerprint density at radius 3 is 2.60 bits per heavy atom. The largest absolute Gasteiger partial charge is 0.497 e. The van der Waals surface area contributed by atoms with Crippen molar-refractivity contribution < 1.29 is 28.8 Å². The molecule has 4 unspecified atom stereocenters. The van der Waals surface area contributed by atoms with Crippen molar-refractivity contribution in [1.82, 2.24) is 0 Å². The highest BCUT2D eigenvalue weighted by atomic mass is 79.9. The summed E-state index contributed by atoms with van der Waals surface area (Å²) in [5.74, 6) is -1.69. The van der Waals surface area contributed by atoms with E-state index in [9.17, 15) is 9.59 Å². The molecular formula is C16H17BrClNO6. The first-order chi connectivity index (χ1) is 11.4. The first kappa shape index (κ1) is 19.7. The molecule has 136 valence electrons. The number of benzene rings is 1. The molecule has 1 saturated heterocycles. The van der Waals surface area contributed by atoms with Gasteiger partial charge >= 0.3 is 11.9 Å². The fourth-order valence-corrected chi connectivity index (χ4v) is 3.35. The molecule has 2 aliphatic heterocycles. The Bertz CT molecular complexity index is 726. The number of methoxy groups -OCH3 is 1. The van der Waals surface area contributed by atoms with Crippen LogP contribution in [0.15, 0.2) is 36.1 Å². The van der Waals surface area contributed by atoms with Gasteiger partial charge in [0.15, 0.2) is 11.7 Å². The van der Waals surface area contributed by atoms with Crippen molar-refractivity contribution in [3.63, 3.8) is 0 Å². The monoisotopic (exact) mass is 433 g/mol. The molecule has 0 amide bonds. The van der Waals surface area contributed by atoms with Crippen LogP contribution in [0, 0.1) is 5.92 Å². The zero-order valence-electron chi connectivity index (χ0n) is 13.4. The van der Waals surface area contributed by atoms with E-state index in [1.807, 2.05) is 0 Å². The van der Waals surface area contributed by atoms with Gasteiger partial charge in [-0.2, -0.15) is 4.89 Å². The number of halogens is 2. The third kappa shape index (κ3) is 3.03. The molecule has 9 heteroatoms. The molecule has 4 atom stereocenters. The van der Waals surface area contributed by atoms with E-state index in [0.29, 0.717) is 10.6 Å². The summed E-state index contributed by atoms with van der Waals surface area (Å²) in [6, 6.07) is 5.85. The van der Waals surface area contributed by atoms with Gasteiger partial charge in [-0.05, 0) is 6.07 Å². The predicted molar refractivity (Wildman–Crippen MR) is 92.7 cm³/mol. The number of nitrogens with two attached hydrogens (primary N) is 1. The number of carbonyl (C=O) groups is 2. The molecule has 1 fully saturated rings. The highest BCUT2D eigenvalue weighted by Gasteiger charge is 2.61. The van der Waals surface area contributed by atoms with Gasteiger partial charge in [0.25, 0.3) is 0 Å². The van der Waals surface area contributed by atoms with E-state index in [2.05, 4.69) is 0 Å². The van der Waals surface area contributed by atoms with Crippen molar-refractivity contribution in [3.8, 4) is 0 Å². The molecule has 0 radical (unpaired) electrons. The summed E-state index contributed by atoms with van der Waals surface area (Å²) >= 11 is 6.34. The summed E-state index contributed by atoms with van der Waals surface area (Å²) in [5.41, 5.74) is 5.02. The van der Waals surface area contributed by atoms with Gasteiger partial charge in [0.1, 0.15) is 11.8 Å². The quantitative estimate of drug-likeness (QED) is 0.574. The number of hydrogen-bond donors (Lipinski definition) is 1. The lowest BCUT2D eigenvalue weighted by Crippen LogP contribution is -2.60. The van der Waals surface area contributed by atoms with Crippen LogP contribution in [0.2, 0.25) is 5.02 Å². The zero-order valence-corrected chi connectivity index (χ0v) is 15.9. The Balaban J connectivity index is 0.00000225. The number of ether oxygens (including phenoxy) is 2. The molecule has 1 aromatic carbocycles. The summed E-state index contributed by atoms with van der Waals surface area (Å²) in [6.07, 6.45) is 0.213. The lowest BCUT2D eigenvalue weighted by Gasteiger charge is -2.45. The van der Waals surface area contributed by atoms with Gasteiger partial charge in [0, 0.05) is 16.5 Å². The number of carbonyl (C=O) groups excluding carboxylic acids is 2. The second-order valence-electron chi connectivity index (χ2n) is 5.64. The molecule has 0 saturated carbocycles. The van der Waals surface area contributed by atoms with Crippen molar-refractivity contribution in [3.05, 3.63) is 46.7 Å². The molecular weight excluding hydrogens is 418 g/mol. The van der Waals surface area contributed by atoms with Crippen molar-refractivity contribution in [2.24, 2.45) is 11.7 Å². The minimum Gasteiger partial charge on any atom is -0.497 e. The lowest BCUT2D eigenvalue weighted by atomic mass is 9.73. The van der Waals surface area contributed by atoms with E-state index >= 15 is 0 Å². The highest BCUT2D eigenvalue weighted by Crippen LogP contribution is 2.48. The van der Waals surface area contributed by atoms with E-state index in [1.165, 1.54) is 13.2 Å². The van der Waals surface area contributed by atoms with Crippen LogP contribution in [0.4, 0.5) is 0 Å². The van der Waals surface area contributed by atoms with E-state index in [0.717, 1.165) is 0 Å². The van der Waals surface area contributed by atoms with Gasteiger partial charge in [-0.3, -0.25) is 4.89 Å². The van der Waals surface area contributed by atoms with Crippen LogP contribution >= 0.6 is 28.6 Å². The Morgan fingerprint density at radius 2 is 1.96 bits per heavy atom. The van der Waals surface area contributed by atoms with Gasteiger partial charge in [-0.25, -0.2) is 9.59 Å². The molecule has 25 heavy (non-hydrogen) atoms. The van der Waals surface area contributed by atoms with Crippen LogP contribution in [-0.2, 0) is 34.4 Å². The van der Waals surface area contributed by atoms with E-state index < -0.39 is 35.6 Å². The van der Waals surface area contributed by atoms with Crippen LogP contribution < -0.4 is 5.73 Å². The maximum absolute atomic E-state index is 11.8. The third-order valence-corrected chi connectivity index (χ3v) is 4.75. The normalized spacial score (nSPS) is 31.5. The Labute approximate surface area is 159 Å². The van der Waals surface area contributed by atoms with Gasteiger partial charge in [-0.1, -0.05) is 36.7 Å². The first-order valence-electron chi connectivity index (χ1n) is 7.28. The summed E-state index contributed by atoms with van der Waals surface area (Å²) in [5, 5.41) is 0.355. The van der Waals surface area contributed by atoms with Crippen molar-refractivity contribution in [2.45, 2.75) is 24.7 Å². The minimum absolute atomic E-state index is 0. The van der Waals surface area contributed by atoms with Crippen LogP contribution in [0.3, 0.4) is 0 Å². The molecule has 0 aliphatic carbocycles. The zero-order chi connectivity index (χ0) is 17.5. The Morgan fingerprint density at radius 1 is 1.28 bits per heavy atom. The molecule has 0 bridgehead atoms. The smallest absolute Gasteiger partial charge is 0.359 e. The molecule has 2 N–H and O–H groups in total. The fraction of sp³-hybridized carbons (Fsp3) is 0.375. The van der Waals surface area contributed by atoms with Crippen molar-refractivity contribution >= 4 is 40.5 Å². The molecule has 0 aromatic heterocycles. The number of hydrogen-bond acceptors (Lipinski definition) is 7. The van der Waals surface area contributed by atoms with Gasteiger partial charge < -0.3 is 15.2 Å².